The van der Waals surface area contributed by atoms with Crippen LogP contribution in [0.5, 0.6) is 0 Å². The highest BCUT2D eigenvalue weighted by molar-refractivity contribution is 5.91. The van der Waals surface area contributed by atoms with Crippen molar-refractivity contribution in [2.75, 3.05) is 12.4 Å². The van der Waals surface area contributed by atoms with Crippen LogP contribution in [0.15, 0.2) is 54.9 Å². The molecule has 0 aliphatic rings. The Kier molecular flexibility index (Phi) is 5.76. The van der Waals surface area contributed by atoms with Crippen molar-refractivity contribution in [1.82, 2.24) is 15.5 Å². The lowest BCUT2D eigenvalue weighted by Crippen LogP contribution is -2.14. The van der Waals surface area contributed by atoms with Crippen molar-refractivity contribution in [2.24, 2.45) is 0 Å². The number of rotatable bonds is 7. The van der Waals surface area contributed by atoms with E-state index in [-0.39, 0.29) is 11.7 Å². The fourth-order valence-corrected chi connectivity index (χ4v) is 2.82. The predicted octanol–water partition coefficient (Wildman–Crippen LogP) is 3.51. The summed E-state index contributed by atoms with van der Waals surface area (Å²) in [5.74, 6) is -0.379. The Bertz CT molecular complexity index is 860. The van der Waals surface area contributed by atoms with Crippen LogP contribution in [0.25, 0.3) is 11.1 Å². The number of halogens is 1. The summed E-state index contributed by atoms with van der Waals surface area (Å²) >= 11 is 0. The normalized spacial score (nSPS) is 10.7. The van der Waals surface area contributed by atoms with E-state index in [2.05, 4.69) is 20.8 Å². The molecule has 1 aromatic heterocycles. The molecule has 0 atom stereocenters. The van der Waals surface area contributed by atoms with Gasteiger partial charge in [0.15, 0.2) is 0 Å². The van der Waals surface area contributed by atoms with E-state index in [1.807, 2.05) is 37.5 Å². The first-order chi connectivity index (χ1) is 12.7. The van der Waals surface area contributed by atoms with Crippen molar-refractivity contribution in [1.29, 1.82) is 0 Å². The minimum absolute atomic E-state index is 0.0965. The maximum absolute atomic E-state index is 13.5. The summed E-state index contributed by atoms with van der Waals surface area (Å²) < 4.78 is 13.5. The number of H-pyrrole nitrogens is 1. The lowest BCUT2D eigenvalue weighted by Gasteiger charge is -2.10. The van der Waals surface area contributed by atoms with Gasteiger partial charge in [0.1, 0.15) is 5.82 Å². The van der Waals surface area contributed by atoms with E-state index >= 15 is 0 Å². The van der Waals surface area contributed by atoms with Gasteiger partial charge in [0.2, 0.25) is 5.91 Å². The number of benzene rings is 2. The van der Waals surface area contributed by atoms with Crippen LogP contribution in [-0.2, 0) is 17.8 Å². The zero-order valence-electron chi connectivity index (χ0n) is 14.6. The number of amides is 1. The number of aryl methyl sites for hydroxylation is 1. The van der Waals surface area contributed by atoms with Gasteiger partial charge < -0.3 is 10.6 Å². The fraction of sp³-hybridized carbons (Fsp3) is 0.200. The van der Waals surface area contributed by atoms with Crippen molar-refractivity contribution < 1.29 is 9.18 Å². The van der Waals surface area contributed by atoms with Gasteiger partial charge in [-0.3, -0.25) is 9.89 Å². The number of nitrogens with zero attached hydrogens (tertiary/aromatic N) is 1. The maximum atomic E-state index is 13.5. The molecule has 1 amide bonds. The first kappa shape index (κ1) is 17.8. The van der Waals surface area contributed by atoms with Crippen molar-refractivity contribution in [2.45, 2.75) is 19.4 Å². The molecule has 0 spiro atoms. The number of carbonyl (C=O) groups excluding carboxylic acids is 1. The zero-order chi connectivity index (χ0) is 18.4. The molecule has 134 valence electrons. The molecule has 0 fully saturated rings. The molecule has 0 saturated heterocycles. The molecule has 0 aliphatic carbocycles. The van der Waals surface area contributed by atoms with Crippen molar-refractivity contribution in [3.63, 3.8) is 0 Å². The molecule has 0 bridgehead atoms. The molecule has 3 N–H and O–H groups in total. The minimum Gasteiger partial charge on any atom is -0.326 e. The Morgan fingerprint density at radius 1 is 1.12 bits per heavy atom. The second kappa shape index (κ2) is 8.40. The van der Waals surface area contributed by atoms with Gasteiger partial charge in [-0.25, -0.2) is 4.39 Å². The largest absolute Gasteiger partial charge is 0.326 e. The van der Waals surface area contributed by atoms with Crippen LogP contribution in [-0.4, -0.2) is 23.2 Å². The standard InChI is InChI=1S/C20H21FN4O/c1-22-11-16-2-6-18(21)10-15(16)5-9-20(26)25-19-7-3-14(4-8-19)17-12-23-24-13-17/h2-4,6-8,10,12-13,22H,5,9,11H2,1H3,(H,23,24)(H,25,26). The minimum atomic E-state index is -0.282. The van der Waals surface area contributed by atoms with E-state index < -0.39 is 0 Å². The van der Waals surface area contributed by atoms with E-state index in [1.54, 1.807) is 12.3 Å². The van der Waals surface area contributed by atoms with Gasteiger partial charge in [-0.2, -0.15) is 5.10 Å². The van der Waals surface area contributed by atoms with Crippen molar-refractivity contribution >= 4 is 11.6 Å². The zero-order valence-corrected chi connectivity index (χ0v) is 14.6. The van der Waals surface area contributed by atoms with Crippen LogP contribution in [0.2, 0.25) is 0 Å². The van der Waals surface area contributed by atoms with Crippen LogP contribution in [0.1, 0.15) is 17.5 Å². The number of hydrogen-bond donors (Lipinski definition) is 3. The van der Waals surface area contributed by atoms with E-state index in [1.165, 1.54) is 12.1 Å². The summed E-state index contributed by atoms with van der Waals surface area (Å²) in [6, 6.07) is 12.3. The Morgan fingerprint density at radius 2 is 1.92 bits per heavy atom. The summed E-state index contributed by atoms with van der Waals surface area (Å²) in [5.41, 5.74) is 4.60. The van der Waals surface area contributed by atoms with Gasteiger partial charge in [0.25, 0.3) is 0 Å². The van der Waals surface area contributed by atoms with Gasteiger partial charge in [-0.1, -0.05) is 18.2 Å². The molecule has 1 heterocycles. The molecule has 0 unspecified atom stereocenters. The molecule has 5 nitrogen and oxygen atoms in total. The average molecular weight is 352 g/mol. The smallest absolute Gasteiger partial charge is 0.224 e. The Morgan fingerprint density at radius 3 is 2.62 bits per heavy atom. The highest BCUT2D eigenvalue weighted by Gasteiger charge is 2.08. The molecular formula is C20H21FN4O. The molecule has 0 aliphatic heterocycles. The number of aromatic nitrogens is 2. The fourth-order valence-electron chi connectivity index (χ4n) is 2.82. The first-order valence-electron chi connectivity index (χ1n) is 8.46. The Balaban J connectivity index is 1.58. The molecule has 3 aromatic rings. The maximum Gasteiger partial charge on any atom is 0.224 e. The van der Waals surface area contributed by atoms with Crippen LogP contribution >= 0.6 is 0 Å². The molecule has 3 rings (SSSR count). The summed E-state index contributed by atoms with van der Waals surface area (Å²) in [6.07, 6.45) is 4.35. The third-order valence-corrected chi connectivity index (χ3v) is 4.16. The predicted molar refractivity (Wildman–Crippen MR) is 100 cm³/mol. The van der Waals surface area contributed by atoms with E-state index in [4.69, 9.17) is 0 Å². The van der Waals surface area contributed by atoms with E-state index in [9.17, 15) is 9.18 Å². The third kappa shape index (κ3) is 4.55. The highest BCUT2D eigenvalue weighted by Crippen LogP contribution is 2.20. The van der Waals surface area contributed by atoms with Crippen LogP contribution in [0.3, 0.4) is 0 Å². The number of carbonyl (C=O) groups is 1. The molecule has 2 aromatic carbocycles. The molecule has 0 saturated carbocycles. The number of aromatic amines is 1. The number of nitrogens with one attached hydrogen (secondary N) is 3. The summed E-state index contributed by atoms with van der Waals surface area (Å²) in [4.78, 5) is 12.2. The van der Waals surface area contributed by atoms with Gasteiger partial charge in [0, 0.05) is 30.4 Å². The topological polar surface area (TPSA) is 69.8 Å². The second-order valence-electron chi connectivity index (χ2n) is 6.06. The summed E-state index contributed by atoms with van der Waals surface area (Å²) in [7, 11) is 1.84. The molecule has 26 heavy (non-hydrogen) atoms. The van der Waals surface area contributed by atoms with E-state index in [0.717, 1.165) is 27.9 Å². The lowest BCUT2D eigenvalue weighted by atomic mass is 10.0. The summed E-state index contributed by atoms with van der Waals surface area (Å²) in [6.45, 7) is 0.646. The molecule has 6 heteroatoms. The number of anilines is 1. The molecule has 0 radical (unpaired) electrons. The summed E-state index contributed by atoms with van der Waals surface area (Å²) in [5, 5.41) is 12.6. The quantitative estimate of drug-likeness (QED) is 0.609. The van der Waals surface area contributed by atoms with Gasteiger partial charge in [-0.05, 0) is 54.4 Å². The Hall–Kier alpha value is -2.99. The first-order valence-corrected chi connectivity index (χ1v) is 8.46. The molecular weight excluding hydrogens is 331 g/mol. The third-order valence-electron chi connectivity index (χ3n) is 4.16. The van der Waals surface area contributed by atoms with Crippen LogP contribution < -0.4 is 10.6 Å². The van der Waals surface area contributed by atoms with Crippen LogP contribution in [0, 0.1) is 5.82 Å². The van der Waals surface area contributed by atoms with Crippen LogP contribution in [0.4, 0.5) is 10.1 Å². The second-order valence-corrected chi connectivity index (χ2v) is 6.06. The monoisotopic (exact) mass is 352 g/mol. The van der Waals surface area contributed by atoms with Crippen molar-refractivity contribution in [3.05, 3.63) is 71.8 Å². The van der Waals surface area contributed by atoms with Gasteiger partial charge >= 0.3 is 0 Å². The van der Waals surface area contributed by atoms with E-state index in [0.29, 0.717) is 19.4 Å². The van der Waals surface area contributed by atoms with Gasteiger partial charge in [0.05, 0.1) is 6.20 Å². The average Bonchev–Trinajstić information content (AvgIpc) is 3.17. The van der Waals surface area contributed by atoms with Crippen molar-refractivity contribution in [3.8, 4) is 11.1 Å². The number of hydrogen-bond acceptors (Lipinski definition) is 3. The highest BCUT2D eigenvalue weighted by atomic mass is 19.1. The Labute approximate surface area is 151 Å². The lowest BCUT2D eigenvalue weighted by molar-refractivity contribution is -0.116. The van der Waals surface area contributed by atoms with Gasteiger partial charge in [-0.15, -0.1) is 0 Å². The SMILES string of the molecule is CNCc1ccc(F)cc1CCC(=O)Nc1ccc(-c2cn[nH]c2)cc1.